The first-order valence-electron chi connectivity index (χ1n) is 7.59. The number of aryl methyl sites for hydroxylation is 2. The lowest BCUT2D eigenvalue weighted by Crippen LogP contribution is -2.43. The molecule has 0 saturated heterocycles. The number of nitrogens with one attached hydrogen (secondary N) is 2. The van der Waals surface area contributed by atoms with Gasteiger partial charge in [-0.2, -0.15) is 17.9 Å². The molecule has 1 aromatic heterocycles. The standard InChI is InChI=1S/C16H24N4O2S/c1-12(2)18-23(21,22)19-16(10-20-8-7-17-11-20)15-6-5-13(3)9-14(15)4/h5-9,11-12,16,18-19H,10H2,1-4H3. The summed E-state index contributed by atoms with van der Waals surface area (Å²) in [5.74, 6) is 0. The first-order valence-corrected chi connectivity index (χ1v) is 9.07. The van der Waals surface area contributed by atoms with E-state index in [9.17, 15) is 8.42 Å². The molecule has 0 amide bonds. The van der Waals surface area contributed by atoms with Crippen LogP contribution in [0.4, 0.5) is 0 Å². The Labute approximate surface area is 138 Å². The highest BCUT2D eigenvalue weighted by Crippen LogP contribution is 2.21. The van der Waals surface area contributed by atoms with Gasteiger partial charge in [0.05, 0.1) is 12.4 Å². The van der Waals surface area contributed by atoms with Crippen molar-refractivity contribution in [3.8, 4) is 0 Å². The Kier molecular flexibility index (Phi) is 5.56. The van der Waals surface area contributed by atoms with E-state index in [0.717, 1.165) is 16.7 Å². The Morgan fingerprint density at radius 3 is 2.52 bits per heavy atom. The first-order chi connectivity index (χ1) is 10.8. The maximum atomic E-state index is 12.3. The van der Waals surface area contributed by atoms with Crippen LogP contribution in [0, 0.1) is 13.8 Å². The van der Waals surface area contributed by atoms with Crippen molar-refractivity contribution in [2.24, 2.45) is 0 Å². The largest absolute Gasteiger partial charge is 0.336 e. The molecule has 2 rings (SSSR count). The molecule has 23 heavy (non-hydrogen) atoms. The Bertz CT molecular complexity index is 739. The van der Waals surface area contributed by atoms with E-state index in [1.807, 2.05) is 36.7 Å². The van der Waals surface area contributed by atoms with Crippen LogP contribution >= 0.6 is 0 Å². The van der Waals surface area contributed by atoms with Gasteiger partial charge >= 0.3 is 0 Å². The molecule has 0 spiro atoms. The van der Waals surface area contributed by atoms with E-state index in [0.29, 0.717) is 6.54 Å². The van der Waals surface area contributed by atoms with E-state index in [4.69, 9.17) is 0 Å². The Morgan fingerprint density at radius 1 is 1.22 bits per heavy atom. The van der Waals surface area contributed by atoms with Crippen molar-refractivity contribution < 1.29 is 8.42 Å². The molecule has 126 valence electrons. The molecule has 0 fully saturated rings. The van der Waals surface area contributed by atoms with Crippen LogP contribution in [-0.2, 0) is 16.8 Å². The van der Waals surface area contributed by atoms with E-state index in [1.165, 1.54) is 0 Å². The maximum absolute atomic E-state index is 12.3. The summed E-state index contributed by atoms with van der Waals surface area (Å²) in [4.78, 5) is 4.02. The highest BCUT2D eigenvalue weighted by molar-refractivity contribution is 7.87. The maximum Gasteiger partial charge on any atom is 0.277 e. The van der Waals surface area contributed by atoms with Crippen LogP contribution in [0.25, 0.3) is 0 Å². The topological polar surface area (TPSA) is 76.0 Å². The highest BCUT2D eigenvalue weighted by atomic mass is 32.2. The van der Waals surface area contributed by atoms with Gasteiger partial charge in [-0.1, -0.05) is 23.8 Å². The fraction of sp³-hybridized carbons (Fsp3) is 0.438. The molecule has 6 nitrogen and oxygen atoms in total. The van der Waals surface area contributed by atoms with E-state index >= 15 is 0 Å². The van der Waals surface area contributed by atoms with Crippen molar-refractivity contribution >= 4 is 10.2 Å². The van der Waals surface area contributed by atoms with Crippen LogP contribution in [0.1, 0.15) is 36.6 Å². The Hall–Kier alpha value is -1.70. The summed E-state index contributed by atoms with van der Waals surface area (Å²) < 4.78 is 31.7. The van der Waals surface area contributed by atoms with Gasteiger partial charge < -0.3 is 4.57 Å². The quantitative estimate of drug-likeness (QED) is 0.813. The summed E-state index contributed by atoms with van der Waals surface area (Å²) in [6, 6.07) is 5.49. The number of nitrogens with zero attached hydrogens (tertiary/aromatic N) is 2. The molecule has 7 heteroatoms. The molecular weight excluding hydrogens is 312 g/mol. The molecule has 0 saturated carbocycles. The Balaban J connectivity index is 2.31. The molecule has 0 aliphatic carbocycles. The molecule has 1 aromatic carbocycles. The Morgan fingerprint density at radius 2 is 1.96 bits per heavy atom. The average molecular weight is 336 g/mol. The minimum absolute atomic E-state index is 0.166. The molecule has 2 aromatic rings. The third-order valence-corrected chi connectivity index (χ3v) is 4.82. The number of imidazole rings is 1. The normalized spacial score (nSPS) is 13.4. The predicted octanol–water partition coefficient (Wildman–Crippen LogP) is 2.07. The zero-order valence-corrected chi connectivity index (χ0v) is 14.8. The molecule has 1 atom stereocenters. The molecule has 1 unspecified atom stereocenters. The van der Waals surface area contributed by atoms with Crippen LogP contribution in [0.5, 0.6) is 0 Å². The summed E-state index contributed by atoms with van der Waals surface area (Å²) in [5, 5.41) is 0. The fourth-order valence-corrected chi connectivity index (χ4v) is 3.82. The van der Waals surface area contributed by atoms with Gasteiger partial charge in [-0.05, 0) is 38.8 Å². The van der Waals surface area contributed by atoms with Crippen LogP contribution in [0.2, 0.25) is 0 Å². The lowest BCUT2D eigenvalue weighted by Gasteiger charge is -2.22. The first kappa shape index (κ1) is 17.7. The van der Waals surface area contributed by atoms with Gasteiger partial charge in [-0.15, -0.1) is 0 Å². The van der Waals surface area contributed by atoms with Crippen molar-refractivity contribution in [3.05, 3.63) is 53.6 Å². The SMILES string of the molecule is Cc1ccc(C(Cn2ccnc2)NS(=O)(=O)NC(C)C)c(C)c1. The van der Waals surface area contributed by atoms with Crippen LogP contribution in [-0.4, -0.2) is 24.0 Å². The molecular formula is C16H24N4O2S. The number of rotatable bonds is 7. The second-order valence-corrected chi connectivity index (χ2v) is 7.54. The van der Waals surface area contributed by atoms with E-state index in [2.05, 4.69) is 20.5 Å². The van der Waals surface area contributed by atoms with Crippen molar-refractivity contribution in [2.75, 3.05) is 0 Å². The lowest BCUT2D eigenvalue weighted by molar-refractivity contribution is 0.496. The third kappa shape index (κ3) is 5.16. The third-order valence-electron chi connectivity index (χ3n) is 3.44. The predicted molar refractivity (Wildman–Crippen MR) is 91.2 cm³/mol. The van der Waals surface area contributed by atoms with Crippen LogP contribution < -0.4 is 9.44 Å². The monoisotopic (exact) mass is 336 g/mol. The van der Waals surface area contributed by atoms with Gasteiger partial charge in [0, 0.05) is 25.0 Å². The average Bonchev–Trinajstić information content (AvgIpc) is 2.88. The number of hydrogen-bond donors (Lipinski definition) is 2. The molecule has 0 aliphatic rings. The number of benzene rings is 1. The number of aromatic nitrogens is 2. The van der Waals surface area contributed by atoms with Crippen LogP contribution in [0.3, 0.4) is 0 Å². The minimum Gasteiger partial charge on any atom is -0.336 e. The molecule has 0 aliphatic heterocycles. The van der Waals surface area contributed by atoms with Crippen molar-refractivity contribution in [1.29, 1.82) is 0 Å². The summed E-state index contributed by atoms with van der Waals surface area (Å²) >= 11 is 0. The molecule has 0 bridgehead atoms. The lowest BCUT2D eigenvalue weighted by atomic mass is 10.00. The minimum atomic E-state index is -3.59. The summed E-state index contributed by atoms with van der Waals surface area (Å²) in [5.41, 5.74) is 3.16. The van der Waals surface area contributed by atoms with Gasteiger partial charge in [0.1, 0.15) is 0 Å². The number of hydrogen-bond acceptors (Lipinski definition) is 3. The molecule has 2 N–H and O–H groups in total. The van der Waals surface area contributed by atoms with E-state index in [1.54, 1.807) is 26.4 Å². The van der Waals surface area contributed by atoms with Gasteiger partial charge in [0.2, 0.25) is 0 Å². The second-order valence-electron chi connectivity index (χ2n) is 6.07. The summed E-state index contributed by atoms with van der Waals surface area (Å²) in [6.07, 6.45) is 5.18. The van der Waals surface area contributed by atoms with Crippen molar-refractivity contribution in [2.45, 2.75) is 46.3 Å². The van der Waals surface area contributed by atoms with Gasteiger partial charge in [0.15, 0.2) is 0 Å². The van der Waals surface area contributed by atoms with Crippen molar-refractivity contribution in [3.63, 3.8) is 0 Å². The van der Waals surface area contributed by atoms with Gasteiger partial charge in [0.25, 0.3) is 10.2 Å². The zero-order chi connectivity index (χ0) is 17.0. The van der Waals surface area contributed by atoms with Gasteiger partial charge in [-0.3, -0.25) is 0 Å². The van der Waals surface area contributed by atoms with Crippen molar-refractivity contribution in [1.82, 2.24) is 19.0 Å². The molecule has 1 heterocycles. The zero-order valence-electron chi connectivity index (χ0n) is 13.9. The summed E-state index contributed by atoms with van der Waals surface area (Å²) in [7, 11) is -3.59. The van der Waals surface area contributed by atoms with E-state index < -0.39 is 10.2 Å². The second kappa shape index (κ2) is 7.25. The van der Waals surface area contributed by atoms with Crippen LogP contribution in [0.15, 0.2) is 36.9 Å². The molecule has 0 radical (unpaired) electrons. The smallest absolute Gasteiger partial charge is 0.277 e. The fourth-order valence-electron chi connectivity index (χ4n) is 2.55. The highest BCUT2D eigenvalue weighted by Gasteiger charge is 2.22. The summed E-state index contributed by atoms with van der Waals surface area (Å²) in [6.45, 7) is 8.07. The van der Waals surface area contributed by atoms with E-state index in [-0.39, 0.29) is 12.1 Å². The van der Waals surface area contributed by atoms with Gasteiger partial charge in [-0.25, -0.2) is 4.98 Å².